The van der Waals surface area contributed by atoms with Gasteiger partial charge in [0.25, 0.3) is 0 Å². The molecule has 0 aromatic heterocycles. The normalized spacial score (nSPS) is 23.3. The van der Waals surface area contributed by atoms with E-state index in [1.165, 1.54) is 0 Å². The van der Waals surface area contributed by atoms with E-state index in [1.807, 2.05) is 0 Å². The summed E-state index contributed by atoms with van der Waals surface area (Å²) in [7, 11) is 0. The molecule has 140 valence electrons. The molecule has 1 saturated carbocycles. The molecule has 0 bridgehead atoms. The van der Waals surface area contributed by atoms with Crippen LogP contribution < -0.4 is 0 Å². The van der Waals surface area contributed by atoms with E-state index in [1.54, 1.807) is 0 Å². The van der Waals surface area contributed by atoms with Gasteiger partial charge in [0, 0.05) is 12.8 Å². The largest absolute Gasteiger partial charge is 0.458 e. The Bertz CT molecular complexity index is 344. The molecule has 0 saturated heterocycles. The molecule has 0 N–H and O–H groups in total. The molecular formula is C20H36O4. The molecule has 1 aliphatic rings. The molecule has 4 unspecified atom stereocenters. The van der Waals surface area contributed by atoms with Crippen LogP contribution in [0.25, 0.3) is 0 Å². The van der Waals surface area contributed by atoms with Crippen LogP contribution in [0.4, 0.5) is 0 Å². The van der Waals surface area contributed by atoms with Gasteiger partial charge in [-0.25, -0.2) is 0 Å². The Labute approximate surface area is 147 Å². The standard InChI is InChI=1S/C20H36O4/c1-5-15(3)11-13-19(21)23-17-9-7-8-10-18(17)24-20(22)14-12-16(4)6-2/h15-18H,5-14H2,1-4H3. The van der Waals surface area contributed by atoms with Crippen LogP contribution in [0.2, 0.25) is 0 Å². The van der Waals surface area contributed by atoms with Crippen molar-refractivity contribution in [1.29, 1.82) is 0 Å². The first-order valence-electron chi connectivity index (χ1n) is 9.85. The molecular weight excluding hydrogens is 304 g/mol. The van der Waals surface area contributed by atoms with E-state index in [0.29, 0.717) is 24.7 Å². The highest BCUT2D eigenvalue weighted by Crippen LogP contribution is 2.25. The van der Waals surface area contributed by atoms with E-state index in [0.717, 1.165) is 51.4 Å². The molecule has 1 aliphatic carbocycles. The molecule has 1 rings (SSSR count). The number of hydrogen-bond acceptors (Lipinski definition) is 4. The second-order valence-corrected chi connectivity index (χ2v) is 7.45. The maximum Gasteiger partial charge on any atom is 0.306 e. The first-order chi connectivity index (χ1) is 11.5. The summed E-state index contributed by atoms with van der Waals surface area (Å²) in [5, 5.41) is 0. The van der Waals surface area contributed by atoms with E-state index < -0.39 is 0 Å². The first-order valence-corrected chi connectivity index (χ1v) is 9.85. The van der Waals surface area contributed by atoms with Crippen molar-refractivity contribution in [2.75, 3.05) is 0 Å². The Kier molecular flexibility index (Phi) is 10.0. The summed E-state index contributed by atoms with van der Waals surface area (Å²) in [5.74, 6) is 0.780. The topological polar surface area (TPSA) is 52.6 Å². The van der Waals surface area contributed by atoms with E-state index in [9.17, 15) is 9.59 Å². The molecule has 4 atom stereocenters. The van der Waals surface area contributed by atoms with Gasteiger partial charge in [-0.2, -0.15) is 0 Å². The monoisotopic (exact) mass is 340 g/mol. The predicted molar refractivity (Wildman–Crippen MR) is 95.6 cm³/mol. The second-order valence-electron chi connectivity index (χ2n) is 7.45. The lowest BCUT2D eigenvalue weighted by Gasteiger charge is -2.31. The zero-order valence-electron chi connectivity index (χ0n) is 16.0. The molecule has 0 amide bonds. The number of hydrogen-bond donors (Lipinski definition) is 0. The van der Waals surface area contributed by atoms with Crippen LogP contribution in [0.15, 0.2) is 0 Å². The van der Waals surface area contributed by atoms with Crippen molar-refractivity contribution in [2.45, 2.75) is 104 Å². The average molecular weight is 341 g/mol. The van der Waals surface area contributed by atoms with Gasteiger partial charge in [0.05, 0.1) is 0 Å². The lowest BCUT2D eigenvalue weighted by molar-refractivity contribution is -0.172. The molecule has 0 aliphatic heterocycles. The fourth-order valence-corrected chi connectivity index (χ4v) is 2.92. The zero-order valence-corrected chi connectivity index (χ0v) is 16.0. The summed E-state index contributed by atoms with van der Waals surface area (Å²) in [5.41, 5.74) is 0. The van der Waals surface area contributed by atoms with Gasteiger partial charge in [-0.1, -0.05) is 40.5 Å². The molecule has 0 aromatic carbocycles. The minimum atomic E-state index is -0.254. The first kappa shape index (κ1) is 21.0. The molecule has 0 aromatic rings. The van der Waals surface area contributed by atoms with Crippen LogP contribution in [0, 0.1) is 11.8 Å². The van der Waals surface area contributed by atoms with Gasteiger partial charge in [-0.05, 0) is 50.4 Å². The summed E-state index contributed by atoms with van der Waals surface area (Å²) in [4.78, 5) is 24.1. The predicted octanol–water partition coefficient (Wildman–Crippen LogP) is 5.04. The van der Waals surface area contributed by atoms with Crippen LogP contribution in [-0.2, 0) is 19.1 Å². The van der Waals surface area contributed by atoms with Crippen molar-refractivity contribution in [2.24, 2.45) is 11.8 Å². The molecule has 4 heteroatoms. The molecule has 4 nitrogen and oxygen atoms in total. The number of ether oxygens (including phenoxy) is 2. The van der Waals surface area contributed by atoms with Crippen LogP contribution in [-0.4, -0.2) is 24.1 Å². The number of esters is 2. The average Bonchev–Trinajstić information content (AvgIpc) is 2.59. The van der Waals surface area contributed by atoms with Gasteiger partial charge in [0.1, 0.15) is 12.2 Å². The highest BCUT2D eigenvalue weighted by atomic mass is 16.6. The highest BCUT2D eigenvalue weighted by molar-refractivity contribution is 5.70. The van der Waals surface area contributed by atoms with Gasteiger partial charge < -0.3 is 9.47 Å². The van der Waals surface area contributed by atoms with E-state index in [2.05, 4.69) is 27.7 Å². The van der Waals surface area contributed by atoms with Crippen molar-refractivity contribution in [3.8, 4) is 0 Å². The molecule has 24 heavy (non-hydrogen) atoms. The smallest absolute Gasteiger partial charge is 0.306 e. The number of carbonyl (C=O) groups is 2. The van der Waals surface area contributed by atoms with Crippen molar-refractivity contribution in [3.05, 3.63) is 0 Å². The lowest BCUT2D eigenvalue weighted by atomic mass is 9.94. The second kappa shape index (κ2) is 11.5. The van der Waals surface area contributed by atoms with Crippen molar-refractivity contribution >= 4 is 11.9 Å². The van der Waals surface area contributed by atoms with Gasteiger partial charge >= 0.3 is 11.9 Å². The highest BCUT2D eigenvalue weighted by Gasteiger charge is 2.31. The van der Waals surface area contributed by atoms with E-state index in [-0.39, 0.29) is 24.1 Å². The molecule has 1 fully saturated rings. The third kappa shape index (κ3) is 8.16. The SMILES string of the molecule is CCC(C)CCC(=O)OC1CCCCC1OC(=O)CCC(C)CC. The van der Waals surface area contributed by atoms with E-state index in [4.69, 9.17) is 9.47 Å². The summed E-state index contributed by atoms with van der Waals surface area (Å²) < 4.78 is 11.3. The number of carbonyl (C=O) groups excluding carboxylic acids is 2. The summed E-state index contributed by atoms with van der Waals surface area (Å²) >= 11 is 0. The van der Waals surface area contributed by atoms with Gasteiger partial charge in [-0.3, -0.25) is 9.59 Å². The quantitative estimate of drug-likeness (QED) is 0.523. The minimum Gasteiger partial charge on any atom is -0.458 e. The van der Waals surface area contributed by atoms with Crippen molar-refractivity contribution in [1.82, 2.24) is 0 Å². The Morgan fingerprint density at radius 3 is 1.54 bits per heavy atom. The van der Waals surface area contributed by atoms with E-state index >= 15 is 0 Å². The maximum absolute atomic E-state index is 12.1. The lowest BCUT2D eigenvalue weighted by Crippen LogP contribution is -2.37. The summed E-state index contributed by atoms with van der Waals surface area (Å²) in [6, 6.07) is 0. The van der Waals surface area contributed by atoms with Crippen molar-refractivity contribution in [3.63, 3.8) is 0 Å². The Morgan fingerprint density at radius 2 is 1.21 bits per heavy atom. The van der Waals surface area contributed by atoms with Crippen molar-refractivity contribution < 1.29 is 19.1 Å². The van der Waals surface area contributed by atoms with Crippen LogP contribution in [0.5, 0.6) is 0 Å². The molecule has 0 radical (unpaired) electrons. The Balaban J connectivity index is 2.41. The summed E-state index contributed by atoms with van der Waals surface area (Å²) in [6.45, 7) is 8.56. The van der Waals surface area contributed by atoms with Gasteiger partial charge in [-0.15, -0.1) is 0 Å². The molecule has 0 spiro atoms. The van der Waals surface area contributed by atoms with Crippen LogP contribution in [0.3, 0.4) is 0 Å². The third-order valence-corrected chi connectivity index (χ3v) is 5.28. The Hall–Kier alpha value is -1.06. The Morgan fingerprint density at radius 1 is 0.833 bits per heavy atom. The molecule has 0 heterocycles. The maximum atomic E-state index is 12.1. The minimum absolute atomic E-state index is 0.150. The third-order valence-electron chi connectivity index (χ3n) is 5.28. The van der Waals surface area contributed by atoms with Crippen LogP contribution >= 0.6 is 0 Å². The number of rotatable bonds is 10. The summed E-state index contributed by atoms with van der Waals surface area (Å²) in [6.07, 6.45) is 7.96. The fraction of sp³-hybridized carbons (Fsp3) is 0.900. The fourth-order valence-electron chi connectivity index (χ4n) is 2.92. The zero-order chi connectivity index (χ0) is 17.9. The van der Waals surface area contributed by atoms with Crippen LogP contribution in [0.1, 0.15) is 91.9 Å². The van der Waals surface area contributed by atoms with Gasteiger partial charge in [0.2, 0.25) is 0 Å². The van der Waals surface area contributed by atoms with Gasteiger partial charge in [0.15, 0.2) is 0 Å².